The van der Waals surface area contributed by atoms with Gasteiger partial charge < -0.3 is 15.4 Å². The van der Waals surface area contributed by atoms with Crippen molar-refractivity contribution in [3.05, 3.63) is 46.3 Å². The maximum Gasteiger partial charge on any atom is 0.125 e. The lowest BCUT2D eigenvalue weighted by atomic mass is 9.97. The van der Waals surface area contributed by atoms with E-state index in [4.69, 9.17) is 4.74 Å². The standard InChI is InChI=1S/C18H20N2OS/c1-5-20-11-17-13(1)9-15(14-4-8-22-12-14)10-18(17)21-16-2-6-19-7-3-16/h1,4-5,8-10,12,16,19-20H,2-3,6-7,11H2. The number of piperidine rings is 1. The number of hydrogen-bond acceptors (Lipinski definition) is 4. The minimum absolute atomic E-state index is 0.328. The maximum absolute atomic E-state index is 6.38. The zero-order chi connectivity index (χ0) is 14.8. The molecule has 3 heterocycles. The first kappa shape index (κ1) is 13.9. The SMILES string of the molecule is C1=Cc2cc(-c3ccsc3)cc(OC3CCNCC3)c2CN1. The molecule has 1 fully saturated rings. The number of ether oxygens (including phenoxy) is 1. The summed E-state index contributed by atoms with van der Waals surface area (Å²) in [6.07, 6.45) is 6.66. The third-order valence-corrected chi connectivity index (χ3v) is 5.02. The number of fused-ring (bicyclic) bond motifs is 1. The van der Waals surface area contributed by atoms with Gasteiger partial charge in [-0.05, 0) is 83.9 Å². The average Bonchev–Trinajstić information content (AvgIpc) is 3.10. The summed E-state index contributed by atoms with van der Waals surface area (Å²) >= 11 is 1.73. The van der Waals surface area contributed by atoms with E-state index in [1.54, 1.807) is 11.3 Å². The maximum atomic E-state index is 6.38. The molecule has 4 rings (SSSR count). The molecule has 2 aromatic rings. The van der Waals surface area contributed by atoms with Gasteiger partial charge in [0, 0.05) is 12.1 Å². The Morgan fingerprint density at radius 1 is 1.14 bits per heavy atom. The van der Waals surface area contributed by atoms with Crippen LogP contribution in [0.5, 0.6) is 5.75 Å². The minimum atomic E-state index is 0.328. The van der Waals surface area contributed by atoms with E-state index in [0.717, 1.165) is 38.2 Å². The van der Waals surface area contributed by atoms with Gasteiger partial charge in [0.15, 0.2) is 0 Å². The van der Waals surface area contributed by atoms with E-state index in [0.29, 0.717) is 6.10 Å². The van der Waals surface area contributed by atoms with Gasteiger partial charge >= 0.3 is 0 Å². The molecule has 2 aliphatic heterocycles. The second-order valence-corrected chi connectivity index (χ2v) is 6.62. The third-order valence-electron chi connectivity index (χ3n) is 4.34. The van der Waals surface area contributed by atoms with Crippen LogP contribution in [-0.2, 0) is 6.54 Å². The van der Waals surface area contributed by atoms with E-state index >= 15 is 0 Å². The zero-order valence-electron chi connectivity index (χ0n) is 12.5. The van der Waals surface area contributed by atoms with Gasteiger partial charge in [-0.25, -0.2) is 0 Å². The van der Waals surface area contributed by atoms with Gasteiger partial charge in [0.25, 0.3) is 0 Å². The van der Waals surface area contributed by atoms with Crippen LogP contribution in [0.2, 0.25) is 0 Å². The molecule has 114 valence electrons. The van der Waals surface area contributed by atoms with Gasteiger partial charge in [-0.1, -0.05) is 0 Å². The molecule has 0 bridgehead atoms. The molecule has 22 heavy (non-hydrogen) atoms. The van der Waals surface area contributed by atoms with Crippen LogP contribution in [0, 0.1) is 0 Å². The van der Waals surface area contributed by atoms with Crippen LogP contribution in [0.3, 0.4) is 0 Å². The van der Waals surface area contributed by atoms with Gasteiger partial charge in [0.1, 0.15) is 11.9 Å². The van der Waals surface area contributed by atoms with Crippen molar-refractivity contribution in [3.8, 4) is 16.9 Å². The molecule has 1 aromatic heterocycles. The summed E-state index contributed by atoms with van der Waals surface area (Å²) in [5.74, 6) is 1.04. The van der Waals surface area contributed by atoms with Crippen LogP contribution >= 0.6 is 11.3 Å². The fourth-order valence-electron chi connectivity index (χ4n) is 3.11. The molecule has 0 aliphatic carbocycles. The van der Waals surface area contributed by atoms with Crippen molar-refractivity contribution < 1.29 is 4.74 Å². The molecule has 0 spiro atoms. The number of nitrogens with one attached hydrogen (secondary N) is 2. The monoisotopic (exact) mass is 312 g/mol. The van der Waals surface area contributed by atoms with Crippen LogP contribution in [0.25, 0.3) is 17.2 Å². The number of hydrogen-bond donors (Lipinski definition) is 2. The van der Waals surface area contributed by atoms with Crippen molar-refractivity contribution in [3.63, 3.8) is 0 Å². The van der Waals surface area contributed by atoms with E-state index in [1.807, 2.05) is 6.20 Å². The second-order valence-electron chi connectivity index (χ2n) is 5.84. The van der Waals surface area contributed by atoms with Gasteiger partial charge in [0.05, 0.1) is 0 Å². The molecule has 0 radical (unpaired) electrons. The van der Waals surface area contributed by atoms with Crippen LogP contribution in [0.15, 0.2) is 35.2 Å². The van der Waals surface area contributed by atoms with E-state index < -0.39 is 0 Å². The molecule has 0 saturated carbocycles. The zero-order valence-corrected chi connectivity index (χ0v) is 13.3. The first-order valence-electron chi connectivity index (χ1n) is 7.87. The number of benzene rings is 1. The molecular formula is C18H20N2OS. The molecule has 1 saturated heterocycles. The average molecular weight is 312 g/mol. The Kier molecular flexibility index (Phi) is 3.87. The Bertz CT molecular complexity index is 673. The van der Waals surface area contributed by atoms with E-state index in [1.165, 1.54) is 22.3 Å². The van der Waals surface area contributed by atoms with Gasteiger partial charge in [-0.2, -0.15) is 11.3 Å². The Hall–Kier alpha value is -1.78. The highest BCUT2D eigenvalue weighted by molar-refractivity contribution is 7.08. The van der Waals surface area contributed by atoms with Crippen molar-refractivity contribution in [2.45, 2.75) is 25.5 Å². The van der Waals surface area contributed by atoms with Crippen LogP contribution in [0.4, 0.5) is 0 Å². The van der Waals surface area contributed by atoms with Crippen LogP contribution in [0.1, 0.15) is 24.0 Å². The van der Waals surface area contributed by atoms with E-state index in [-0.39, 0.29) is 0 Å². The first-order chi connectivity index (χ1) is 10.9. The quantitative estimate of drug-likeness (QED) is 0.908. The molecule has 2 N–H and O–H groups in total. The second kappa shape index (κ2) is 6.15. The summed E-state index contributed by atoms with van der Waals surface area (Å²) < 4.78 is 6.38. The Labute approximate surface area is 135 Å². The highest BCUT2D eigenvalue weighted by atomic mass is 32.1. The lowest BCUT2D eigenvalue weighted by molar-refractivity contribution is 0.161. The highest BCUT2D eigenvalue weighted by Crippen LogP contribution is 2.34. The molecular weight excluding hydrogens is 292 g/mol. The van der Waals surface area contributed by atoms with Crippen molar-refractivity contribution in [2.24, 2.45) is 0 Å². The lowest BCUT2D eigenvalue weighted by Crippen LogP contribution is -2.34. The Morgan fingerprint density at radius 3 is 2.86 bits per heavy atom. The molecule has 0 amide bonds. The van der Waals surface area contributed by atoms with E-state index in [9.17, 15) is 0 Å². The summed E-state index contributed by atoms with van der Waals surface area (Å²) in [6, 6.07) is 6.65. The molecule has 0 unspecified atom stereocenters. The summed E-state index contributed by atoms with van der Waals surface area (Å²) in [7, 11) is 0. The summed E-state index contributed by atoms with van der Waals surface area (Å²) in [4.78, 5) is 0. The van der Waals surface area contributed by atoms with Crippen molar-refractivity contribution in [1.82, 2.24) is 10.6 Å². The third kappa shape index (κ3) is 2.76. The number of rotatable bonds is 3. The lowest BCUT2D eigenvalue weighted by Gasteiger charge is -2.27. The molecule has 1 aromatic carbocycles. The Balaban J connectivity index is 1.71. The summed E-state index contributed by atoms with van der Waals surface area (Å²) in [5, 5.41) is 11.0. The summed E-state index contributed by atoms with van der Waals surface area (Å²) in [5.41, 5.74) is 5.07. The fourth-order valence-corrected chi connectivity index (χ4v) is 3.77. The van der Waals surface area contributed by atoms with Gasteiger partial charge in [-0.15, -0.1) is 0 Å². The normalized spacial score (nSPS) is 17.8. The molecule has 4 heteroatoms. The minimum Gasteiger partial charge on any atom is -0.490 e. The largest absolute Gasteiger partial charge is 0.490 e. The molecule has 0 atom stereocenters. The van der Waals surface area contributed by atoms with Crippen LogP contribution < -0.4 is 15.4 Å². The topological polar surface area (TPSA) is 33.3 Å². The smallest absolute Gasteiger partial charge is 0.125 e. The predicted molar refractivity (Wildman–Crippen MR) is 92.1 cm³/mol. The van der Waals surface area contributed by atoms with Gasteiger partial charge in [-0.3, -0.25) is 0 Å². The highest BCUT2D eigenvalue weighted by Gasteiger charge is 2.19. The van der Waals surface area contributed by atoms with Gasteiger partial charge in [0.2, 0.25) is 0 Å². The van der Waals surface area contributed by atoms with Crippen LogP contribution in [-0.4, -0.2) is 19.2 Å². The summed E-state index contributed by atoms with van der Waals surface area (Å²) in [6.45, 7) is 2.94. The Morgan fingerprint density at radius 2 is 2.05 bits per heavy atom. The molecule has 3 nitrogen and oxygen atoms in total. The van der Waals surface area contributed by atoms with Crippen molar-refractivity contribution in [1.29, 1.82) is 0 Å². The number of thiophene rings is 1. The fraction of sp³-hybridized carbons (Fsp3) is 0.333. The van der Waals surface area contributed by atoms with E-state index in [2.05, 4.69) is 45.7 Å². The van der Waals surface area contributed by atoms with Crippen molar-refractivity contribution in [2.75, 3.05) is 13.1 Å². The predicted octanol–water partition coefficient (Wildman–Crippen LogP) is 3.62. The molecule has 2 aliphatic rings. The first-order valence-corrected chi connectivity index (χ1v) is 8.81. The van der Waals surface area contributed by atoms with Crippen molar-refractivity contribution >= 4 is 17.4 Å².